The van der Waals surface area contributed by atoms with Crippen molar-refractivity contribution in [3.63, 3.8) is 0 Å². The fraction of sp³-hybridized carbons (Fsp3) is 0.462. The molecule has 17 heavy (non-hydrogen) atoms. The Kier molecular flexibility index (Phi) is 3.41. The Morgan fingerprint density at radius 1 is 1.59 bits per heavy atom. The summed E-state index contributed by atoms with van der Waals surface area (Å²) in [7, 11) is 0. The molecule has 1 atom stereocenters. The minimum absolute atomic E-state index is 0.0341. The molecule has 0 aromatic heterocycles. The van der Waals surface area contributed by atoms with E-state index in [1.54, 1.807) is 0 Å². The van der Waals surface area contributed by atoms with Crippen LogP contribution in [0.1, 0.15) is 25.3 Å². The summed E-state index contributed by atoms with van der Waals surface area (Å²) in [6, 6.07) is 7.82. The minimum atomic E-state index is -0.0341. The highest BCUT2D eigenvalue weighted by Gasteiger charge is 2.40. The fourth-order valence-corrected chi connectivity index (χ4v) is 2.52. The highest BCUT2D eigenvalue weighted by molar-refractivity contribution is 9.10. The Morgan fingerprint density at radius 3 is 2.76 bits per heavy atom. The lowest BCUT2D eigenvalue weighted by Gasteiger charge is -2.31. The van der Waals surface area contributed by atoms with Crippen molar-refractivity contribution in [2.45, 2.75) is 25.3 Å². The van der Waals surface area contributed by atoms with Gasteiger partial charge < -0.3 is 11.1 Å². The van der Waals surface area contributed by atoms with E-state index in [2.05, 4.69) is 34.2 Å². The first-order valence-corrected chi connectivity index (χ1v) is 6.56. The molecule has 0 amide bonds. The van der Waals surface area contributed by atoms with E-state index in [1.165, 1.54) is 12.8 Å². The van der Waals surface area contributed by atoms with E-state index in [4.69, 9.17) is 11.0 Å². The lowest BCUT2D eigenvalue weighted by Crippen LogP contribution is -2.44. The lowest BCUT2D eigenvalue weighted by atomic mass is 9.95. The molecule has 3 N–H and O–H groups in total. The third-order valence-electron chi connectivity index (χ3n) is 3.42. The fourth-order valence-electron chi connectivity index (χ4n) is 2.05. The largest absolute Gasteiger partial charge is 0.378 e. The van der Waals surface area contributed by atoms with Crippen molar-refractivity contribution < 1.29 is 0 Å². The predicted molar refractivity (Wildman–Crippen MR) is 72.7 cm³/mol. The maximum atomic E-state index is 8.87. The molecule has 0 saturated heterocycles. The number of halogens is 1. The molecule has 4 heteroatoms. The van der Waals surface area contributed by atoms with Crippen LogP contribution in [0.5, 0.6) is 0 Å². The molecule has 3 nitrogen and oxygen atoms in total. The second kappa shape index (κ2) is 4.67. The molecular weight excluding hydrogens is 278 g/mol. The zero-order valence-electron chi connectivity index (χ0n) is 9.83. The van der Waals surface area contributed by atoms with E-state index >= 15 is 0 Å². The van der Waals surface area contributed by atoms with Gasteiger partial charge in [0.1, 0.15) is 6.07 Å². The molecule has 0 radical (unpaired) electrons. The first kappa shape index (κ1) is 12.4. The molecule has 0 bridgehead atoms. The van der Waals surface area contributed by atoms with Gasteiger partial charge in [0.25, 0.3) is 0 Å². The first-order valence-electron chi connectivity index (χ1n) is 5.77. The van der Waals surface area contributed by atoms with Gasteiger partial charge in [-0.05, 0) is 59.8 Å². The Hall–Kier alpha value is -1.05. The lowest BCUT2D eigenvalue weighted by molar-refractivity contribution is 0.459. The molecule has 1 fully saturated rings. The van der Waals surface area contributed by atoms with Crippen molar-refractivity contribution in [2.75, 3.05) is 11.9 Å². The predicted octanol–water partition coefficient (Wildman–Crippen LogP) is 2.86. The topological polar surface area (TPSA) is 61.8 Å². The van der Waals surface area contributed by atoms with Crippen LogP contribution in [0.3, 0.4) is 0 Å². The van der Waals surface area contributed by atoms with Crippen LogP contribution in [-0.2, 0) is 0 Å². The number of anilines is 1. The summed E-state index contributed by atoms with van der Waals surface area (Å²) < 4.78 is 0.820. The number of nitrogens with zero attached hydrogens (tertiary/aromatic N) is 1. The number of nitrogens with two attached hydrogens (primary N) is 1. The molecule has 1 aliphatic rings. The summed E-state index contributed by atoms with van der Waals surface area (Å²) >= 11 is 3.40. The molecule has 1 aromatic carbocycles. The molecule has 1 saturated carbocycles. The van der Waals surface area contributed by atoms with Gasteiger partial charge in [0.15, 0.2) is 0 Å². The smallest absolute Gasteiger partial charge is 0.100 e. The molecule has 1 aromatic rings. The van der Waals surface area contributed by atoms with E-state index in [-0.39, 0.29) is 5.54 Å². The van der Waals surface area contributed by atoms with Gasteiger partial charge in [0.05, 0.1) is 5.56 Å². The van der Waals surface area contributed by atoms with Gasteiger partial charge in [0.2, 0.25) is 0 Å². The average molecular weight is 294 g/mol. The Morgan fingerprint density at radius 2 is 2.29 bits per heavy atom. The number of hydrogen-bond donors (Lipinski definition) is 2. The zero-order valence-corrected chi connectivity index (χ0v) is 11.4. The maximum absolute atomic E-state index is 8.87. The average Bonchev–Trinajstić information content (AvgIpc) is 3.13. The summed E-state index contributed by atoms with van der Waals surface area (Å²) in [4.78, 5) is 0. The Balaban J connectivity index is 2.18. The van der Waals surface area contributed by atoms with Gasteiger partial charge >= 0.3 is 0 Å². The Labute approximate surface area is 110 Å². The molecule has 1 unspecified atom stereocenters. The molecule has 90 valence electrons. The van der Waals surface area contributed by atoms with Gasteiger partial charge in [-0.3, -0.25) is 0 Å². The summed E-state index contributed by atoms with van der Waals surface area (Å²) in [6.45, 7) is 2.78. The number of benzene rings is 1. The summed E-state index contributed by atoms with van der Waals surface area (Å²) in [5, 5.41) is 12.4. The SMILES string of the molecule is CC(CN)(Nc1ccc(C#N)c(Br)c1)C1CC1. The van der Waals surface area contributed by atoms with Crippen LogP contribution in [0.15, 0.2) is 22.7 Å². The minimum Gasteiger partial charge on any atom is -0.378 e. The normalized spacial score (nSPS) is 18.2. The summed E-state index contributed by atoms with van der Waals surface area (Å²) in [5.41, 5.74) is 7.49. The molecule has 0 heterocycles. The number of nitrogens with one attached hydrogen (secondary N) is 1. The van der Waals surface area contributed by atoms with E-state index in [0.29, 0.717) is 18.0 Å². The standard InChI is InChI=1S/C13H16BrN3/c1-13(8-16,10-3-4-10)17-11-5-2-9(7-15)12(14)6-11/h2,5-6,10,17H,3-4,8,16H2,1H3. The van der Waals surface area contributed by atoms with Crippen molar-refractivity contribution in [1.82, 2.24) is 0 Å². The van der Waals surface area contributed by atoms with Gasteiger partial charge in [-0.25, -0.2) is 0 Å². The summed E-state index contributed by atoms with van der Waals surface area (Å²) in [6.07, 6.45) is 2.50. The van der Waals surface area contributed by atoms with Crippen LogP contribution >= 0.6 is 15.9 Å². The van der Waals surface area contributed by atoms with Gasteiger partial charge in [-0.15, -0.1) is 0 Å². The highest BCUT2D eigenvalue weighted by Crippen LogP contribution is 2.41. The third-order valence-corrected chi connectivity index (χ3v) is 4.08. The van der Waals surface area contributed by atoms with E-state index in [0.717, 1.165) is 10.2 Å². The molecular formula is C13H16BrN3. The van der Waals surface area contributed by atoms with Crippen LogP contribution in [0.2, 0.25) is 0 Å². The van der Waals surface area contributed by atoms with Crippen LogP contribution in [0.4, 0.5) is 5.69 Å². The van der Waals surface area contributed by atoms with Gasteiger partial charge in [-0.1, -0.05) is 0 Å². The van der Waals surface area contributed by atoms with Crippen LogP contribution in [0, 0.1) is 17.2 Å². The van der Waals surface area contributed by atoms with Gasteiger partial charge in [-0.2, -0.15) is 5.26 Å². The van der Waals surface area contributed by atoms with Crippen molar-refractivity contribution in [3.05, 3.63) is 28.2 Å². The highest BCUT2D eigenvalue weighted by atomic mass is 79.9. The van der Waals surface area contributed by atoms with Crippen molar-refractivity contribution in [2.24, 2.45) is 11.7 Å². The van der Waals surface area contributed by atoms with Crippen LogP contribution in [-0.4, -0.2) is 12.1 Å². The van der Waals surface area contributed by atoms with E-state index in [1.807, 2.05) is 18.2 Å². The van der Waals surface area contributed by atoms with Crippen molar-refractivity contribution >= 4 is 21.6 Å². The second-order valence-corrected chi connectivity index (χ2v) is 5.68. The van der Waals surface area contributed by atoms with Crippen LogP contribution < -0.4 is 11.1 Å². The maximum Gasteiger partial charge on any atom is 0.100 e. The Bertz CT molecular complexity index is 462. The first-order chi connectivity index (χ1) is 8.09. The van der Waals surface area contributed by atoms with E-state index < -0.39 is 0 Å². The second-order valence-electron chi connectivity index (χ2n) is 4.83. The van der Waals surface area contributed by atoms with Gasteiger partial charge in [0, 0.05) is 22.2 Å². The van der Waals surface area contributed by atoms with Crippen LogP contribution in [0.25, 0.3) is 0 Å². The monoisotopic (exact) mass is 293 g/mol. The summed E-state index contributed by atoms with van der Waals surface area (Å²) in [5.74, 6) is 0.668. The zero-order chi connectivity index (χ0) is 12.5. The van der Waals surface area contributed by atoms with Crippen molar-refractivity contribution in [3.8, 4) is 6.07 Å². The number of nitriles is 1. The molecule has 1 aliphatic carbocycles. The molecule has 0 aliphatic heterocycles. The van der Waals surface area contributed by atoms with E-state index in [9.17, 15) is 0 Å². The number of hydrogen-bond acceptors (Lipinski definition) is 3. The number of rotatable bonds is 4. The molecule has 2 rings (SSSR count). The van der Waals surface area contributed by atoms with Crippen molar-refractivity contribution in [1.29, 1.82) is 5.26 Å². The molecule has 0 spiro atoms. The third kappa shape index (κ3) is 2.62. The quantitative estimate of drug-likeness (QED) is 0.897.